The summed E-state index contributed by atoms with van der Waals surface area (Å²) in [6, 6.07) is 0. The van der Waals surface area contributed by atoms with E-state index in [1.165, 1.54) is 83.5 Å². The zero-order valence-corrected chi connectivity index (χ0v) is 52.7. The second-order valence-electron chi connectivity index (χ2n) is 22.0. The van der Waals surface area contributed by atoms with Gasteiger partial charge in [0.05, 0.1) is 27.7 Å². The largest absolute Gasteiger partial charge is 0.472 e. The van der Waals surface area contributed by atoms with Gasteiger partial charge in [0.15, 0.2) is 6.10 Å². The van der Waals surface area contributed by atoms with Crippen LogP contribution in [0.5, 0.6) is 0 Å². The number of carbonyl (C=O) groups excluding carboxylic acids is 2. The van der Waals surface area contributed by atoms with Gasteiger partial charge in [-0.1, -0.05) is 257 Å². The summed E-state index contributed by atoms with van der Waals surface area (Å²) >= 11 is 0. The number of unbranched alkanes of at least 4 members (excludes halogenated alkanes) is 21. The van der Waals surface area contributed by atoms with Crippen molar-refractivity contribution in [2.45, 2.75) is 251 Å². The summed E-state index contributed by atoms with van der Waals surface area (Å²) < 4.78 is 34.5. The van der Waals surface area contributed by atoms with E-state index in [1.54, 1.807) is 0 Å². The number of allylic oxidation sites excluding steroid dienone is 22. The Bertz CT molecular complexity index is 1810. The first kappa shape index (κ1) is 76.1. The molecule has 1 N–H and O–H groups in total. The molecule has 0 saturated heterocycles. The maximum Gasteiger partial charge on any atom is 0.472 e. The predicted octanol–water partition coefficient (Wildman–Crippen LogP) is 20.5. The van der Waals surface area contributed by atoms with Crippen LogP contribution in [0, 0.1) is 0 Å². The molecule has 80 heavy (non-hydrogen) atoms. The van der Waals surface area contributed by atoms with Gasteiger partial charge >= 0.3 is 19.8 Å². The Kier molecular flexibility index (Phi) is 56.9. The minimum atomic E-state index is -4.40. The molecule has 0 rings (SSSR count). The van der Waals surface area contributed by atoms with Gasteiger partial charge in [0, 0.05) is 12.8 Å². The van der Waals surface area contributed by atoms with Crippen LogP contribution in [0.2, 0.25) is 0 Å². The van der Waals surface area contributed by atoms with Crippen molar-refractivity contribution in [3.8, 4) is 0 Å². The van der Waals surface area contributed by atoms with E-state index in [0.29, 0.717) is 23.9 Å². The van der Waals surface area contributed by atoms with Crippen LogP contribution < -0.4 is 0 Å². The summed E-state index contributed by atoms with van der Waals surface area (Å²) in [6.07, 6.45) is 86.9. The van der Waals surface area contributed by atoms with Gasteiger partial charge in [-0.05, 0) is 109 Å². The molecule has 2 unspecified atom stereocenters. The van der Waals surface area contributed by atoms with Gasteiger partial charge in [0.1, 0.15) is 19.8 Å². The third kappa shape index (κ3) is 63.3. The van der Waals surface area contributed by atoms with Crippen molar-refractivity contribution in [2.75, 3.05) is 47.5 Å². The number of hydrogen-bond acceptors (Lipinski definition) is 7. The Morgan fingerprint density at radius 1 is 0.388 bits per heavy atom. The molecule has 0 aliphatic heterocycles. The van der Waals surface area contributed by atoms with Crippen LogP contribution in [0.3, 0.4) is 0 Å². The standard InChI is InChI=1S/C70H118NO8P/c1-6-8-10-12-14-16-18-20-22-23-24-25-26-27-28-29-30-31-32-33-34-35-36-37-38-39-40-41-42-43-44-45-46-47-49-51-53-55-57-59-61-63-70(73)79-68(67-78-80(74,75)77-65-64-71(3,4)5)66-76-69(72)62-60-58-56-54-52-50-48-21-19-17-15-13-11-9-7-2/h8-11,14-17,20-22,24-25,27-28,30-31,33-34,36-37,48,68H,6-7,12-13,18-19,23,26,29,32,35,38-47,49-67H2,1-5H3/p+1/b10-8-,11-9-,16-14-,17-15-,22-20-,25-24-,28-27-,31-30-,34-33-,37-36-,48-21-. The minimum absolute atomic E-state index is 0.0239. The number of rotatable bonds is 57. The second-order valence-corrected chi connectivity index (χ2v) is 23.5. The average molecular weight is 1130 g/mol. The molecule has 9 nitrogen and oxygen atoms in total. The number of hydrogen-bond donors (Lipinski definition) is 1. The molecule has 0 amide bonds. The van der Waals surface area contributed by atoms with Crippen LogP contribution in [0.4, 0.5) is 0 Å². The first-order valence-electron chi connectivity index (χ1n) is 31.9. The highest BCUT2D eigenvalue weighted by atomic mass is 31.2. The molecular weight excluding hydrogens is 1010 g/mol. The fourth-order valence-corrected chi connectivity index (χ4v) is 9.08. The van der Waals surface area contributed by atoms with Gasteiger partial charge in [0.25, 0.3) is 0 Å². The Morgan fingerprint density at radius 2 is 0.675 bits per heavy atom. The zero-order valence-electron chi connectivity index (χ0n) is 51.8. The maximum atomic E-state index is 12.8. The first-order chi connectivity index (χ1) is 39.0. The molecule has 0 saturated carbocycles. The zero-order chi connectivity index (χ0) is 58.4. The summed E-state index contributed by atoms with van der Waals surface area (Å²) in [6.45, 7) is 4.18. The number of quaternary nitrogens is 1. The SMILES string of the molecule is CC/C=C\C/C=C\C/C=C\C/C=C\C/C=C\C/C=C\C/C=C\C/C=C\CCCCCCCCCCCCCCCCCCC(=O)OC(COC(=O)CCCCCCC/C=C\C/C=C\C/C=C\CC)COP(=O)(O)OCC[N+](C)(C)C. The number of likely N-dealkylation sites (N-methyl/N-ethyl adjacent to an activating group) is 1. The molecule has 0 aromatic heterocycles. The molecule has 0 radical (unpaired) electrons. The summed E-state index contributed by atoms with van der Waals surface area (Å²) in [7, 11) is 1.46. The Labute approximate surface area is 491 Å². The summed E-state index contributed by atoms with van der Waals surface area (Å²) in [4.78, 5) is 35.7. The molecule has 0 bridgehead atoms. The lowest BCUT2D eigenvalue weighted by Crippen LogP contribution is -2.37. The van der Waals surface area contributed by atoms with Crippen molar-refractivity contribution in [3.05, 3.63) is 134 Å². The van der Waals surface area contributed by atoms with E-state index in [-0.39, 0.29) is 32.0 Å². The van der Waals surface area contributed by atoms with E-state index in [0.717, 1.165) is 122 Å². The average Bonchev–Trinajstić information content (AvgIpc) is 3.42. The molecule has 456 valence electrons. The van der Waals surface area contributed by atoms with E-state index in [4.69, 9.17) is 18.5 Å². The predicted molar refractivity (Wildman–Crippen MR) is 344 cm³/mol. The third-order valence-electron chi connectivity index (χ3n) is 13.2. The Morgan fingerprint density at radius 3 is 1.00 bits per heavy atom. The van der Waals surface area contributed by atoms with Crippen molar-refractivity contribution in [1.82, 2.24) is 0 Å². The lowest BCUT2D eigenvalue weighted by atomic mass is 10.0. The fourth-order valence-electron chi connectivity index (χ4n) is 8.34. The lowest BCUT2D eigenvalue weighted by Gasteiger charge is -2.24. The number of nitrogens with zero attached hydrogens (tertiary/aromatic N) is 1. The van der Waals surface area contributed by atoms with Gasteiger partial charge in [-0.15, -0.1) is 0 Å². The van der Waals surface area contributed by atoms with Crippen LogP contribution >= 0.6 is 7.82 Å². The molecule has 2 atom stereocenters. The highest BCUT2D eigenvalue weighted by molar-refractivity contribution is 7.47. The van der Waals surface area contributed by atoms with Gasteiger partial charge in [-0.3, -0.25) is 18.6 Å². The van der Waals surface area contributed by atoms with E-state index < -0.39 is 26.5 Å². The van der Waals surface area contributed by atoms with Crippen molar-refractivity contribution in [1.29, 1.82) is 0 Å². The second kappa shape index (κ2) is 59.8. The van der Waals surface area contributed by atoms with Crippen molar-refractivity contribution < 1.29 is 42.1 Å². The molecule has 0 fully saturated rings. The van der Waals surface area contributed by atoms with Crippen LogP contribution in [0.1, 0.15) is 245 Å². The molecule has 0 aromatic rings. The van der Waals surface area contributed by atoms with Crippen LogP contribution in [0.25, 0.3) is 0 Å². The van der Waals surface area contributed by atoms with E-state index in [2.05, 4.69) is 148 Å². The molecule has 0 aliphatic carbocycles. The smallest absolute Gasteiger partial charge is 0.462 e. The van der Waals surface area contributed by atoms with Gasteiger partial charge < -0.3 is 18.9 Å². The number of phosphoric acid groups is 1. The minimum Gasteiger partial charge on any atom is -0.462 e. The molecule has 0 aliphatic rings. The van der Waals surface area contributed by atoms with E-state index in [1.807, 2.05) is 21.1 Å². The Balaban J connectivity index is 4.01. The highest BCUT2D eigenvalue weighted by Crippen LogP contribution is 2.43. The maximum absolute atomic E-state index is 12.8. The lowest BCUT2D eigenvalue weighted by molar-refractivity contribution is -0.870. The third-order valence-corrected chi connectivity index (χ3v) is 14.2. The highest BCUT2D eigenvalue weighted by Gasteiger charge is 2.27. The van der Waals surface area contributed by atoms with Crippen molar-refractivity contribution in [3.63, 3.8) is 0 Å². The van der Waals surface area contributed by atoms with Crippen molar-refractivity contribution in [2.24, 2.45) is 0 Å². The van der Waals surface area contributed by atoms with Gasteiger partial charge in [-0.2, -0.15) is 0 Å². The van der Waals surface area contributed by atoms with Gasteiger partial charge in [0.2, 0.25) is 0 Å². The van der Waals surface area contributed by atoms with Crippen LogP contribution in [0.15, 0.2) is 134 Å². The molecular formula is C70H119NO8P+. The molecule has 0 heterocycles. The molecule has 0 spiro atoms. The van der Waals surface area contributed by atoms with Crippen LogP contribution in [-0.4, -0.2) is 74.9 Å². The topological polar surface area (TPSA) is 108 Å². The van der Waals surface area contributed by atoms with Crippen LogP contribution in [-0.2, 0) is 32.7 Å². The summed E-state index contributed by atoms with van der Waals surface area (Å²) in [5, 5.41) is 0. The first-order valence-corrected chi connectivity index (χ1v) is 33.4. The summed E-state index contributed by atoms with van der Waals surface area (Å²) in [5.41, 5.74) is 0. The summed E-state index contributed by atoms with van der Waals surface area (Å²) in [5.74, 6) is -0.820. The number of phosphoric ester groups is 1. The van der Waals surface area contributed by atoms with Crippen molar-refractivity contribution >= 4 is 19.8 Å². The quantitative estimate of drug-likeness (QED) is 0.0211. The van der Waals surface area contributed by atoms with E-state index in [9.17, 15) is 19.0 Å². The fraction of sp³-hybridized carbons (Fsp3) is 0.657. The number of esters is 2. The number of ether oxygens (including phenoxy) is 2. The normalized spacial score (nSPS) is 14.1. The molecule has 0 aromatic carbocycles. The van der Waals surface area contributed by atoms with Gasteiger partial charge in [-0.25, -0.2) is 4.57 Å². The molecule has 10 heteroatoms. The monoisotopic (exact) mass is 1130 g/mol. The number of carbonyl (C=O) groups is 2. The van der Waals surface area contributed by atoms with E-state index >= 15 is 0 Å². The Hall–Kier alpha value is -3.85.